The molecule has 0 heterocycles. The van der Waals surface area contributed by atoms with Gasteiger partial charge < -0.3 is 10.2 Å². The van der Waals surface area contributed by atoms with Crippen LogP contribution in [0.4, 0.5) is 0 Å². The highest BCUT2D eigenvalue weighted by atomic mass is 16.3. The van der Waals surface area contributed by atoms with Crippen LogP contribution in [-0.2, 0) is 0 Å². The van der Waals surface area contributed by atoms with Gasteiger partial charge in [0.1, 0.15) is 0 Å². The number of aliphatic hydroxyl groups excluding tert-OH is 2. The SMILES string of the molecule is OCC1CCC1.OCC1CCC1. The van der Waals surface area contributed by atoms with Crippen LogP contribution in [-0.4, -0.2) is 23.4 Å². The van der Waals surface area contributed by atoms with Crippen molar-refractivity contribution in [3.05, 3.63) is 0 Å². The molecule has 0 aromatic heterocycles. The molecular formula is C10H20O2. The molecule has 0 saturated heterocycles. The smallest absolute Gasteiger partial charge is 0.0459 e. The van der Waals surface area contributed by atoms with Gasteiger partial charge in [-0.15, -0.1) is 0 Å². The highest BCUT2D eigenvalue weighted by molar-refractivity contribution is 4.67. The molecule has 0 bridgehead atoms. The second-order valence-corrected chi connectivity index (χ2v) is 3.96. The number of hydrogen-bond acceptors (Lipinski definition) is 2. The molecule has 2 saturated carbocycles. The van der Waals surface area contributed by atoms with Crippen molar-refractivity contribution in [1.82, 2.24) is 0 Å². The van der Waals surface area contributed by atoms with Crippen molar-refractivity contribution >= 4 is 0 Å². The van der Waals surface area contributed by atoms with Crippen molar-refractivity contribution in [2.45, 2.75) is 38.5 Å². The third-order valence-electron chi connectivity index (χ3n) is 2.97. The minimum absolute atomic E-state index is 0.417. The molecule has 0 radical (unpaired) electrons. The van der Waals surface area contributed by atoms with E-state index in [1.165, 1.54) is 38.5 Å². The molecule has 2 heteroatoms. The van der Waals surface area contributed by atoms with Crippen LogP contribution in [0, 0.1) is 11.8 Å². The molecule has 2 aliphatic rings. The van der Waals surface area contributed by atoms with Gasteiger partial charge in [-0.05, 0) is 37.5 Å². The summed E-state index contributed by atoms with van der Waals surface area (Å²) in [5, 5.41) is 16.8. The van der Waals surface area contributed by atoms with Crippen LogP contribution in [0.2, 0.25) is 0 Å². The van der Waals surface area contributed by atoms with Crippen LogP contribution in [0.1, 0.15) is 38.5 Å². The highest BCUT2D eigenvalue weighted by Gasteiger charge is 2.15. The minimum Gasteiger partial charge on any atom is -0.396 e. The predicted molar refractivity (Wildman–Crippen MR) is 48.9 cm³/mol. The molecule has 0 amide bonds. The Morgan fingerprint density at radius 2 is 1.08 bits per heavy atom. The highest BCUT2D eigenvalue weighted by Crippen LogP contribution is 2.25. The zero-order chi connectivity index (χ0) is 8.81. The lowest BCUT2D eigenvalue weighted by atomic mass is 9.86. The van der Waals surface area contributed by atoms with E-state index < -0.39 is 0 Å². The summed E-state index contributed by atoms with van der Waals surface area (Å²) < 4.78 is 0. The molecule has 2 rings (SSSR count). The molecular weight excluding hydrogens is 152 g/mol. The van der Waals surface area contributed by atoms with Crippen LogP contribution in [0.15, 0.2) is 0 Å². The molecule has 0 aliphatic heterocycles. The van der Waals surface area contributed by atoms with E-state index in [9.17, 15) is 0 Å². The maximum atomic E-state index is 8.39. The Balaban J connectivity index is 0.000000120. The summed E-state index contributed by atoms with van der Waals surface area (Å²) in [6.07, 6.45) is 7.72. The molecule has 0 aromatic rings. The molecule has 12 heavy (non-hydrogen) atoms. The molecule has 72 valence electrons. The van der Waals surface area contributed by atoms with Crippen LogP contribution >= 0.6 is 0 Å². The van der Waals surface area contributed by atoms with Crippen molar-refractivity contribution in [3.63, 3.8) is 0 Å². The fraction of sp³-hybridized carbons (Fsp3) is 1.00. The molecule has 0 unspecified atom stereocenters. The summed E-state index contributed by atoms with van der Waals surface area (Å²) in [7, 11) is 0. The van der Waals surface area contributed by atoms with Crippen LogP contribution in [0.5, 0.6) is 0 Å². The van der Waals surface area contributed by atoms with E-state index in [0.29, 0.717) is 25.0 Å². The van der Waals surface area contributed by atoms with Crippen LogP contribution in [0.25, 0.3) is 0 Å². The first-order valence-corrected chi connectivity index (χ1v) is 5.08. The van der Waals surface area contributed by atoms with Crippen molar-refractivity contribution in [2.24, 2.45) is 11.8 Å². The van der Waals surface area contributed by atoms with Gasteiger partial charge in [0.15, 0.2) is 0 Å². The quantitative estimate of drug-likeness (QED) is 0.663. The van der Waals surface area contributed by atoms with Gasteiger partial charge in [0, 0.05) is 13.2 Å². The largest absolute Gasteiger partial charge is 0.396 e. The van der Waals surface area contributed by atoms with Gasteiger partial charge in [-0.3, -0.25) is 0 Å². The van der Waals surface area contributed by atoms with E-state index in [0.717, 1.165) is 0 Å². The normalized spacial score (nSPS) is 23.5. The first kappa shape index (κ1) is 10.0. The van der Waals surface area contributed by atoms with E-state index in [2.05, 4.69) is 0 Å². The van der Waals surface area contributed by atoms with Crippen LogP contribution < -0.4 is 0 Å². The fourth-order valence-electron chi connectivity index (χ4n) is 1.35. The van der Waals surface area contributed by atoms with Gasteiger partial charge in [-0.1, -0.05) is 12.8 Å². The molecule has 2 nitrogen and oxygen atoms in total. The van der Waals surface area contributed by atoms with E-state index in [1.54, 1.807) is 0 Å². The van der Waals surface area contributed by atoms with Crippen LogP contribution in [0.3, 0.4) is 0 Å². The Morgan fingerprint density at radius 3 is 1.08 bits per heavy atom. The summed E-state index contributed by atoms with van der Waals surface area (Å²) in [5.41, 5.74) is 0. The summed E-state index contributed by atoms with van der Waals surface area (Å²) in [5.74, 6) is 1.34. The average Bonchev–Trinajstić information content (AvgIpc) is 1.83. The summed E-state index contributed by atoms with van der Waals surface area (Å²) in [6, 6.07) is 0. The van der Waals surface area contributed by atoms with E-state index in [-0.39, 0.29) is 0 Å². The molecule has 0 atom stereocenters. The third kappa shape index (κ3) is 3.11. The molecule has 0 spiro atoms. The lowest BCUT2D eigenvalue weighted by Crippen LogP contribution is -2.14. The van der Waals surface area contributed by atoms with E-state index >= 15 is 0 Å². The zero-order valence-electron chi connectivity index (χ0n) is 7.71. The Morgan fingerprint density at radius 1 is 0.750 bits per heavy atom. The topological polar surface area (TPSA) is 40.5 Å². The maximum Gasteiger partial charge on any atom is 0.0459 e. The lowest BCUT2D eigenvalue weighted by Gasteiger charge is -2.21. The minimum atomic E-state index is 0.417. The average molecular weight is 172 g/mol. The van der Waals surface area contributed by atoms with Crippen molar-refractivity contribution in [3.8, 4) is 0 Å². The molecule has 2 aliphatic carbocycles. The molecule has 2 N–H and O–H groups in total. The standard InChI is InChI=1S/2C5H10O/c2*6-4-5-2-1-3-5/h2*5-6H,1-4H2. The van der Waals surface area contributed by atoms with E-state index in [1.807, 2.05) is 0 Å². The Kier molecular flexibility index (Phi) is 4.62. The fourth-order valence-corrected chi connectivity index (χ4v) is 1.35. The number of rotatable bonds is 2. The first-order valence-electron chi connectivity index (χ1n) is 5.08. The monoisotopic (exact) mass is 172 g/mol. The van der Waals surface area contributed by atoms with Crippen molar-refractivity contribution in [2.75, 3.05) is 13.2 Å². The zero-order valence-corrected chi connectivity index (χ0v) is 7.71. The van der Waals surface area contributed by atoms with Gasteiger partial charge in [0.05, 0.1) is 0 Å². The maximum absolute atomic E-state index is 8.39. The number of aliphatic hydroxyl groups is 2. The Hall–Kier alpha value is -0.0800. The Labute approximate surface area is 74.6 Å². The second-order valence-electron chi connectivity index (χ2n) is 3.96. The number of hydrogen-bond donors (Lipinski definition) is 2. The van der Waals surface area contributed by atoms with Crippen molar-refractivity contribution < 1.29 is 10.2 Å². The van der Waals surface area contributed by atoms with Crippen molar-refractivity contribution in [1.29, 1.82) is 0 Å². The van der Waals surface area contributed by atoms with Gasteiger partial charge >= 0.3 is 0 Å². The summed E-state index contributed by atoms with van der Waals surface area (Å²) >= 11 is 0. The summed E-state index contributed by atoms with van der Waals surface area (Å²) in [6.45, 7) is 0.833. The molecule has 2 fully saturated rings. The Bertz CT molecular complexity index is 86.9. The third-order valence-corrected chi connectivity index (χ3v) is 2.97. The second kappa shape index (κ2) is 5.55. The summed E-state index contributed by atoms with van der Waals surface area (Å²) in [4.78, 5) is 0. The lowest BCUT2D eigenvalue weighted by molar-refractivity contribution is 0.163. The van der Waals surface area contributed by atoms with Gasteiger partial charge in [0.2, 0.25) is 0 Å². The predicted octanol–water partition coefficient (Wildman–Crippen LogP) is 1.56. The molecule has 0 aromatic carbocycles. The van der Waals surface area contributed by atoms with E-state index in [4.69, 9.17) is 10.2 Å². The first-order chi connectivity index (χ1) is 5.86. The van der Waals surface area contributed by atoms with Gasteiger partial charge in [-0.2, -0.15) is 0 Å². The van der Waals surface area contributed by atoms with Gasteiger partial charge in [0.25, 0.3) is 0 Å². The van der Waals surface area contributed by atoms with Gasteiger partial charge in [-0.25, -0.2) is 0 Å².